The van der Waals surface area contributed by atoms with Gasteiger partial charge >= 0.3 is 0 Å². The van der Waals surface area contributed by atoms with E-state index in [-0.39, 0.29) is 17.7 Å². The number of hydrogen-bond donors (Lipinski definition) is 1. The number of halogens is 2. The highest BCUT2D eigenvalue weighted by Crippen LogP contribution is 2.30. The van der Waals surface area contributed by atoms with E-state index in [4.69, 9.17) is 5.73 Å². The lowest BCUT2D eigenvalue weighted by Crippen LogP contribution is -2.48. The van der Waals surface area contributed by atoms with E-state index >= 15 is 0 Å². The maximum atomic E-state index is 13.4. The van der Waals surface area contributed by atoms with E-state index in [2.05, 4.69) is 16.7 Å². The molecular formula is C23H31F2N3. The summed E-state index contributed by atoms with van der Waals surface area (Å²) in [4.78, 5) is 4.93. The zero-order valence-electron chi connectivity index (χ0n) is 16.7. The lowest BCUT2D eigenvalue weighted by atomic mass is 9.96. The SMILES string of the molecule is CC(CCN)CCN1CCN(C(c2ccc(F)cc2)c2ccc(F)cc2)CC1. The third-order valence-electron chi connectivity index (χ3n) is 5.74. The second kappa shape index (κ2) is 10.1. The normalized spacial score (nSPS) is 17.2. The summed E-state index contributed by atoms with van der Waals surface area (Å²) in [5.74, 6) is 0.185. The number of piperazine rings is 1. The van der Waals surface area contributed by atoms with Gasteiger partial charge in [-0.1, -0.05) is 31.2 Å². The predicted octanol–water partition coefficient (Wildman–Crippen LogP) is 4.05. The van der Waals surface area contributed by atoms with Crippen LogP contribution in [0.25, 0.3) is 0 Å². The molecule has 3 rings (SSSR count). The van der Waals surface area contributed by atoms with E-state index in [9.17, 15) is 8.78 Å². The summed E-state index contributed by atoms with van der Waals surface area (Å²) < 4.78 is 26.9. The first kappa shape index (κ1) is 20.9. The van der Waals surface area contributed by atoms with Crippen molar-refractivity contribution in [1.29, 1.82) is 0 Å². The Morgan fingerprint density at radius 2 is 1.32 bits per heavy atom. The average Bonchev–Trinajstić information content (AvgIpc) is 2.71. The molecule has 0 aliphatic carbocycles. The Bertz CT molecular complexity index is 664. The van der Waals surface area contributed by atoms with Crippen LogP contribution < -0.4 is 5.73 Å². The summed E-state index contributed by atoms with van der Waals surface area (Å²) in [6, 6.07) is 13.4. The third-order valence-corrected chi connectivity index (χ3v) is 5.74. The van der Waals surface area contributed by atoms with E-state index in [1.54, 1.807) is 0 Å². The minimum atomic E-state index is -0.238. The summed E-state index contributed by atoms with van der Waals surface area (Å²) in [6.07, 6.45) is 2.26. The molecule has 2 aromatic carbocycles. The molecule has 1 heterocycles. The lowest BCUT2D eigenvalue weighted by molar-refractivity contribution is 0.105. The quantitative estimate of drug-likeness (QED) is 0.742. The second-order valence-electron chi connectivity index (χ2n) is 7.85. The Morgan fingerprint density at radius 3 is 1.79 bits per heavy atom. The van der Waals surface area contributed by atoms with Crippen LogP contribution in [0.15, 0.2) is 48.5 Å². The Labute approximate surface area is 167 Å². The fraction of sp³-hybridized carbons (Fsp3) is 0.478. The summed E-state index contributed by atoms with van der Waals surface area (Å²) in [7, 11) is 0. The molecule has 0 radical (unpaired) electrons. The molecule has 152 valence electrons. The molecule has 2 aromatic rings. The number of rotatable bonds is 8. The van der Waals surface area contributed by atoms with Crippen molar-refractivity contribution in [2.24, 2.45) is 11.7 Å². The number of nitrogens with zero attached hydrogens (tertiary/aromatic N) is 2. The fourth-order valence-electron chi connectivity index (χ4n) is 3.98. The van der Waals surface area contributed by atoms with Gasteiger partial charge in [0.15, 0.2) is 0 Å². The maximum Gasteiger partial charge on any atom is 0.123 e. The van der Waals surface area contributed by atoms with Crippen LogP contribution in [0.3, 0.4) is 0 Å². The monoisotopic (exact) mass is 387 g/mol. The number of benzene rings is 2. The molecule has 1 unspecified atom stereocenters. The van der Waals surface area contributed by atoms with Gasteiger partial charge in [0.2, 0.25) is 0 Å². The second-order valence-corrected chi connectivity index (χ2v) is 7.85. The van der Waals surface area contributed by atoms with Crippen molar-refractivity contribution in [2.45, 2.75) is 25.8 Å². The van der Waals surface area contributed by atoms with Gasteiger partial charge in [-0.2, -0.15) is 0 Å². The highest BCUT2D eigenvalue weighted by molar-refractivity contribution is 5.32. The Balaban J connectivity index is 1.68. The smallest absolute Gasteiger partial charge is 0.123 e. The van der Waals surface area contributed by atoms with Crippen LogP contribution in [0.5, 0.6) is 0 Å². The van der Waals surface area contributed by atoms with Crippen LogP contribution in [0.4, 0.5) is 8.78 Å². The minimum absolute atomic E-state index is 0.0134. The van der Waals surface area contributed by atoms with Crippen LogP contribution >= 0.6 is 0 Å². The van der Waals surface area contributed by atoms with Gasteiger partial charge in [-0.3, -0.25) is 4.90 Å². The molecule has 0 bridgehead atoms. The van der Waals surface area contributed by atoms with Crippen LogP contribution in [0, 0.1) is 17.6 Å². The Hall–Kier alpha value is -1.82. The molecule has 1 atom stereocenters. The van der Waals surface area contributed by atoms with Crippen molar-refractivity contribution in [3.05, 3.63) is 71.3 Å². The summed E-state index contributed by atoms with van der Waals surface area (Å²) in [5, 5.41) is 0. The van der Waals surface area contributed by atoms with Crippen molar-refractivity contribution in [3.8, 4) is 0 Å². The first-order valence-electron chi connectivity index (χ1n) is 10.2. The van der Waals surface area contributed by atoms with Crippen LogP contribution in [-0.2, 0) is 0 Å². The van der Waals surface area contributed by atoms with Gasteiger partial charge in [-0.25, -0.2) is 8.78 Å². The predicted molar refractivity (Wildman–Crippen MR) is 110 cm³/mol. The molecule has 1 fully saturated rings. The van der Waals surface area contributed by atoms with Crippen molar-refractivity contribution >= 4 is 0 Å². The number of hydrogen-bond acceptors (Lipinski definition) is 3. The third kappa shape index (κ3) is 5.60. The van der Waals surface area contributed by atoms with E-state index < -0.39 is 0 Å². The molecule has 0 spiro atoms. The topological polar surface area (TPSA) is 32.5 Å². The lowest BCUT2D eigenvalue weighted by Gasteiger charge is -2.40. The summed E-state index contributed by atoms with van der Waals surface area (Å²) >= 11 is 0. The molecular weight excluding hydrogens is 356 g/mol. The van der Waals surface area contributed by atoms with Crippen molar-refractivity contribution in [1.82, 2.24) is 9.80 Å². The molecule has 1 saturated heterocycles. The van der Waals surface area contributed by atoms with Gasteiger partial charge < -0.3 is 10.6 Å². The van der Waals surface area contributed by atoms with Crippen molar-refractivity contribution in [3.63, 3.8) is 0 Å². The van der Waals surface area contributed by atoms with Crippen molar-refractivity contribution in [2.75, 3.05) is 39.3 Å². The molecule has 0 saturated carbocycles. The minimum Gasteiger partial charge on any atom is -0.330 e. The fourth-order valence-corrected chi connectivity index (χ4v) is 3.98. The first-order valence-corrected chi connectivity index (χ1v) is 10.2. The molecule has 5 heteroatoms. The van der Waals surface area contributed by atoms with Gasteiger partial charge in [0.05, 0.1) is 6.04 Å². The molecule has 2 N–H and O–H groups in total. The van der Waals surface area contributed by atoms with Crippen molar-refractivity contribution < 1.29 is 8.78 Å². The number of nitrogens with two attached hydrogens (primary N) is 1. The van der Waals surface area contributed by atoms with E-state index in [1.165, 1.54) is 30.7 Å². The largest absolute Gasteiger partial charge is 0.330 e. The Kier molecular flexibility index (Phi) is 7.54. The molecule has 1 aliphatic rings. The van der Waals surface area contributed by atoms with Crippen LogP contribution in [-0.4, -0.2) is 49.1 Å². The van der Waals surface area contributed by atoms with Gasteiger partial charge in [0.25, 0.3) is 0 Å². The van der Waals surface area contributed by atoms with Gasteiger partial charge in [-0.15, -0.1) is 0 Å². The summed E-state index contributed by atoms with van der Waals surface area (Å²) in [5.41, 5.74) is 7.73. The van der Waals surface area contributed by atoms with E-state index in [1.807, 2.05) is 24.3 Å². The molecule has 28 heavy (non-hydrogen) atoms. The van der Waals surface area contributed by atoms with Gasteiger partial charge in [0.1, 0.15) is 11.6 Å². The van der Waals surface area contributed by atoms with Crippen LogP contribution in [0.2, 0.25) is 0 Å². The molecule has 1 aliphatic heterocycles. The zero-order chi connectivity index (χ0) is 19.9. The molecule has 3 nitrogen and oxygen atoms in total. The highest BCUT2D eigenvalue weighted by atomic mass is 19.1. The molecule has 0 aromatic heterocycles. The summed E-state index contributed by atoms with van der Waals surface area (Å²) in [6.45, 7) is 8.01. The van der Waals surface area contributed by atoms with E-state index in [0.717, 1.165) is 56.8 Å². The highest BCUT2D eigenvalue weighted by Gasteiger charge is 2.26. The van der Waals surface area contributed by atoms with Gasteiger partial charge in [0, 0.05) is 26.2 Å². The zero-order valence-corrected chi connectivity index (χ0v) is 16.7. The Morgan fingerprint density at radius 1 is 0.821 bits per heavy atom. The maximum absolute atomic E-state index is 13.4. The van der Waals surface area contributed by atoms with E-state index in [0.29, 0.717) is 5.92 Å². The average molecular weight is 388 g/mol. The van der Waals surface area contributed by atoms with Gasteiger partial charge in [-0.05, 0) is 67.2 Å². The standard InChI is InChI=1S/C23H31F2N3/c1-18(10-12-26)11-13-27-14-16-28(17-15-27)23(19-2-6-21(24)7-3-19)20-4-8-22(25)9-5-20/h2-9,18,23H,10-17,26H2,1H3. The van der Waals surface area contributed by atoms with Crippen LogP contribution in [0.1, 0.15) is 36.9 Å². The molecule has 0 amide bonds. The first-order chi connectivity index (χ1) is 13.6.